The van der Waals surface area contributed by atoms with E-state index in [4.69, 9.17) is 15.1 Å². The van der Waals surface area contributed by atoms with Crippen molar-refractivity contribution in [2.24, 2.45) is 5.41 Å². The van der Waals surface area contributed by atoms with Gasteiger partial charge in [-0.2, -0.15) is 5.26 Å². The fourth-order valence-corrected chi connectivity index (χ4v) is 3.41. The number of fused-ring (bicyclic) bond motifs is 1. The minimum atomic E-state index is -1.12. The zero-order valence-corrected chi connectivity index (χ0v) is 17.6. The first kappa shape index (κ1) is 22.4. The molecule has 3 rings (SSSR count). The van der Waals surface area contributed by atoms with E-state index in [0.717, 1.165) is 6.08 Å². The number of aromatic hydroxyl groups is 1. The molecule has 0 unspecified atom stereocenters. The summed E-state index contributed by atoms with van der Waals surface area (Å²) in [7, 11) is 0. The van der Waals surface area contributed by atoms with E-state index in [-0.39, 0.29) is 5.75 Å². The predicted octanol–water partition coefficient (Wildman–Crippen LogP) is 5.37. The average molecular weight is 430 g/mol. The topological polar surface area (TPSA) is 120 Å². The molecule has 0 bridgehead atoms. The Morgan fingerprint density at radius 1 is 1.06 bits per heavy atom. The molecular weight excluding hydrogens is 408 g/mol. The van der Waals surface area contributed by atoms with Crippen molar-refractivity contribution in [2.75, 3.05) is 5.32 Å². The van der Waals surface area contributed by atoms with E-state index in [1.165, 1.54) is 12.1 Å². The second-order valence-corrected chi connectivity index (χ2v) is 7.81. The van der Waals surface area contributed by atoms with Gasteiger partial charge in [-0.3, -0.25) is 5.32 Å². The summed E-state index contributed by atoms with van der Waals surface area (Å²) in [6, 6.07) is 18.6. The Labute approximate surface area is 185 Å². The number of nitrogens with zero attached hydrogens (tertiary/aromatic N) is 1. The maximum absolute atomic E-state index is 12.8. The lowest BCUT2D eigenvalue weighted by molar-refractivity contribution is -0.131. The molecule has 0 saturated carbocycles. The lowest BCUT2D eigenvalue weighted by Crippen LogP contribution is -2.28. The molecule has 0 aliphatic rings. The number of ether oxygens (including phenoxy) is 1. The number of nitrogens with one attached hydrogen (secondary N) is 1. The molecule has 1 atom stereocenters. The van der Waals surface area contributed by atoms with Crippen LogP contribution in [-0.4, -0.2) is 22.3 Å². The van der Waals surface area contributed by atoms with Gasteiger partial charge in [0.05, 0.1) is 11.6 Å². The van der Waals surface area contributed by atoms with Crippen LogP contribution in [0.5, 0.6) is 5.75 Å². The number of rotatable bonds is 6. The predicted molar refractivity (Wildman–Crippen MR) is 120 cm³/mol. The van der Waals surface area contributed by atoms with Crippen LogP contribution in [0.3, 0.4) is 0 Å². The maximum Gasteiger partial charge on any atom is 0.412 e. The zero-order chi connectivity index (χ0) is 23.3. The summed E-state index contributed by atoms with van der Waals surface area (Å²) < 4.78 is 5.80. The highest BCUT2D eigenvalue weighted by atomic mass is 16.6. The van der Waals surface area contributed by atoms with Crippen molar-refractivity contribution < 1.29 is 24.5 Å². The Morgan fingerprint density at radius 2 is 1.72 bits per heavy atom. The number of carbonyl (C=O) groups excluding carboxylic acids is 1. The van der Waals surface area contributed by atoms with Crippen molar-refractivity contribution in [2.45, 2.75) is 20.0 Å². The van der Waals surface area contributed by atoms with Crippen LogP contribution in [-0.2, 0) is 9.53 Å². The summed E-state index contributed by atoms with van der Waals surface area (Å²) in [5.41, 5.74) is 0.619. The molecule has 7 heteroatoms. The molecule has 7 nitrogen and oxygen atoms in total. The van der Waals surface area contributed by atoms with Gasteiger partial charge in [-0.05, 0) is 35.7 Å². The Kier molecular flexibility index (Phi) is 6.45. The maximum atomic E-state index is 12.8. The Bertz CT molecular complexity index is 1220. The third-order valence-electron chi connectivity index (χ3n) is 5.03. The second-order valence-electron chi connectivity index (χ2n) is 7.81. The number of phenols is 1. The van der Waals surface area contributed by atoms with Crippen LogP contribution in [0.2, 0.25) is 0 Å². The van der Waals surface area contributed by atoms with Crippen molar-refractivity contribution in [1.82, 2.24) is 0 Å². The Morgan fingerprint density at radius 3 is 2.34 bits per heavy atom. The van der Waals surface area contributed by atoms with Crippen LogP contribution >= 0.6 is 0 Å². The normalized spacial score (nSPS) is 12.3. The number of carboxylic acid groups (broad SMARTS) is 1. The number of anilines is 1. The Balaban J connectivity index is 2.00. The fourth-order valence-electron chi connectivity index (χ4n) is 3.41. The van der Waals surface area contributed by atoms with Crippen LogP contribution in [0, 0.1) is 16.7 Å². The number of carboxylic acids is 1. The van der Waals surface area contributed by atoms with Crippen LogP contribution in [0.25, 0.3) is 10.8 Å². The molecule has 0 radical (unpaired) electrons. The summed E-state index contributed by atoms with van der Waals surface area (Å²) in [6.45, 7) is 3.52. The molecule has 0 saturated heterocycles. The molecular formula is C25H22N2O5. The lowest BCUT2D eigenvalue weighted by atomic mass is 9.80. The van der Waals surface area contributed by atoms with Gasteiger partial charge in [-0.1, -0.05) is 50.3 Å². The molecule has 0 aromatic heterocycles. The number of phenolic OH excluding ortho intramolecular Hbond substituents is 1. The van der Waals surface area contributed by atoms with E-state index in [1.54, 1.807) is 68.4 Å². The minimum Gasteiger partial charge on any atom is -0.507 e. The molecule has 0 aliphatic heterocycles. The van der Waals surface area contributed by atoms with Gasteiger partial charge in [-0.25, -0.2) is 9.59 Å². The molecule has 0 aliphatic carbocycles. The molecule has 0 fully saturated rings. The van der Waals surface area contributed by atoms with Gasteiger partial charge in [0, 0.05) is 28.1 Å². The number of nitriles is 1. The first-order chi connectivity index (χ1) is 15.2. The Hall–Kier alpha value is -4.31. The molecule has 1 amide bonds. The largest absolute Gasteiger partial charge is 0.507 e. The number of carbonyl (C=O) groups is 2. The van der Waals surface area contributed by atoms with Crippen LogP contribution in [0.4, 0.5) is 10.5 Å². The van der Waals surface area contributed by atoms with E-state index in [2.05, 4.69) is 5.32 Å². The molecule has 162 valence electrons. The van der Waals surface area contributed by atoms with Crippen LogP contribution in [0.1, 0.15) is 31.1 Å². The molecule has 3 aromatic carbocycles. The van der Waals surface area contributed by atoms with E-state index in [0.29, 0.717) is 27.6 Å². The van der Waals surface area contributed by atoms with Gasteiger partial charge in [0.1, 0.15) is 11.9 Å². The van der Waals surface area contributed by atoms with Gasteiger partial charge >= 0.3 is 12.1 Å². The average Bonchev–Trinajstić information content (AvgIpc) is 2.77. The molecule has 32 heavy (non-hydrogen) atoms. The highest BCUT2D eigenvalue weighted by molar-refractivity contribution is 5.92. The van der Waals surface area contributed by atoms with Gasteiger partial charge in [0.25, 0.3) is 0 Å². The monoisotopic (exact) mass is 430 g/mol. The third-order valence-corrected chi connectivity index (χ3v) is 5.03. The number of hydrogen-bond acceptors (Lipinski definition) is 5. The lowest BCUT2D eigenvalue weighted by Gasteiger charge is -2.32. The quantitative estimate of drug-likeness (QED) is 0.452. The summed E-state index contributed by atoms with van der Waals surface area (Å²) in [5, 5.41) is 32.1. The van der Waals surface area contributed by atoms with Gasteiger partial charge in [0.2, 0.25) is 0 Å². The smallest absolute Gasteiger partial charge is 0.412 e. The minimum absolute atomic E-state index is 0.0871. The summed E-state index contributed by atoms with van der Waals surface area (Å²) in [4.78, 5) is 23.9. The highest BCUT2D eigenvalue weighted by Crippen LogP contribution is 2.42. The summed E-state index contributed by atoms with van der Waals surface area (Å²) >= 11 is 0. The van der Waals surface area contributed by atoms with Crippen molar-refractivity contribution in [1.29, 1.82) is 5.26 Å². The summed E-state index contributed by atoms with van der Waals surface area (Å²) in [5.74, 6) is -1.03. The summed E-state index contributed by atoms with van der Waals surface area (Å²) in [6.07, 6.45) is 0.865. The zero-order valence-electron chi connectivity index (χ0n) is 17.6. The van der Waals surface area contributed by atoms with Crippen molar-refractivity contribution in [3.8, 4) is 11.8 Å². The third kappa shape index (κ3) is 5.05. The molecule has 3 aromatic rings. The second kappa shape index (κ2) is 9.23. The van der Waals surface area contributed by atoms with E-state index < -0.39 is 23.6 Å². The van der Waals surface area contributed by atoms with Gasteiger partial charge in [-0.15, -0.1) is 0 Å². The number of aliphatic carboxylic acids is 1. The van der Waals surface area contributed by atoms with Crippen molar-refractivity contribution in [3.63, 3.8) is 0 Å². The number of hydrogen-bond donors (Lipinski definition) is 3. The SMILES string of the molecule is CC(C)(/C=C/C(=O)O)[C@H](OC(=O)Nc1ccc(C#N)cc1)c1ccc(O)c2ccccc12. The van der Waals surface area contributed by atoms with E-state index in [9.17, 15) is 14.7 Å². The molecule has 0 spiro atoms. The fraction of sp³-hybridized carbons (Fsp3) is 0.160. The first-order valence-electron chi connectivity index (χ1n) is 9.82. The van der Waals surface area contributed by atoms with Gasteiger partial charge in [0.15, 0.2) is 0 Å². The van der Waals surface area contributed by atoms with E-state index >= 15 is 0 Å². The molecule has 0 heterocycles. The van der Waals surface area contributed by atoms with E-state index in [1.807, 2.05) is 6.07 Å². The first-order valence-corrected chi connectivity index (χ1v) is 9.82. The van der Waals surface area contributed by atoms with Crippen LogP contribution < -0.4 is 5.32 Å². The van der Waals surface area contributed by atoms with Crippen molar-refractivity contribution in [3.05, 3.63) is 83.9 Å². The number of amides is 1. The molecule has 3 N–H and O–H groups in total. The van der Waals surface area contributed by atoms with Crippen molar-refractivity contribution >= 4 is 28.5 Å². The number of benzene rings is 3. The van der Waals surface area contributed by atoms with Gasteiger partial charge < -0.3 is 14.9 Å². The van der Waals surface area contributed by atoms with Crippen LogP contribution in [0.15, 0.2) is 72.8 Å². The standard InChI is InChI=1S/C25H22N2O5/c1-25(2,14-13-22(29)30)23(20-11-12-21(28)19-6-4-3-5-18(19)20)32-24(31)27-17-9-7-16(15-26)8-10-17/h3-14,23,28H,1-2H3,(H,27,31)(H,29,30)/b14-13+/t23-/m1/s1. The highest BCUT2D eigenvalue weighted by Gasteiger charge is 2.34.